The Bertz CT molecular complexity index is 364. The highest BCUT2D eigenvalue weighted by Gasteiger charge is 1.99. The molecule has 1 aromatic heterocycles. The molecule has 0 fully saturated rings. The average molecular weight is 199 g/mol. The first-order chi connectivity index (χ1) is 6.09. The van der Waals surface area contributed by atoms with Crippen molar-refractivity contribution in [2.45, 2.75) is 0 Å². The van der Waals surface area contributed by atoms with Crippen LogP contribution in [0.2, 0.25) is 5.15 Å². The molecule has 4 N–H and O–H groups in total. The number of nitrogens with two attached hydrogens (primary N) is 2. The maximum Gasteiger partial charge on any atom is 0.241 e. The first-order valence-corrected chi connectivity index (χ1v) is 3.73. The molecule has 6 heteroatoms. The van der Waals surface area contributed by atoms with Crippen LogP contribution >= 0.6 is 11.6 Å². The van der Waals surface area contributed by atoms with Crippen molar-refractivity contribution in [2.24, 2.45) is 5.73 Å². The van der Waals surface area contributed by atoms with Crippen LogP contribution in [0.1, 0.15) is 5.56 Å². The van der Waals surface area contributed by atoms with E-state index in [0.717, 1.165) is 0 Å². The van der Waals surface area contributed by atoms with Gasteiger partial charge in [-0.1, -0.05) is 11.6 Å². The van der Waals surface area contributed by atoms with Gasteiger partial charge in [-0.2, -0.15) is 0 Å². The lowest BCUT2D eigenvalue weighted by atomic mass is 10.3. The van der Waals surface area contributed by atoms with E-state index in [-0.39, 0.29) is 11.1 Å². The lowest BCUT2D eigenvalue weighted by molar-refractivity contribution is -0.113. The maximum atomic E-state index is 10.4. The normalized spacial score (nSPS) is 10.5. The minimum absolute atomic E-state index is 0.0845. The molecule has 13 heavy (non-hydrogen) atoms. The number of amides is 1. The molecule has 68 valence electrons. The summed E-state index contributed by atoms with van der Waals surface area (Å²) < 4.78 is 0. The number of carbonyl (C=O) groups excluding carboxylic acids is 1. The molecule has 0 bridgehead atoms. The van der Waals surface area contributed by atoms with Gasteiger partial charge in [0.05, 0.1) is 0 Å². The first kappa shape index (κ1) is 9.47. The van der Waals surface area contributed by atoms with E-state index in [2.05, 4.69) is 9.97 Å². The zero-order chi connectivity index (χ0) is 9.84. The van der Waals surface area contributed by atoms with E-state index in [4.69, 9.17) is 23.1 Å². The summed E-state index contributed by atoms with van der Waals surface area (Å²) in [5.41, 5.74) is 10.6. The fraction of sp³-hybridized carbons (Fsp3) is 0. The number of rotatable bonds is 2. The topological polar surface area (TPSA) is 94.9 Å². The van der Waals surface area contributed by atoms with Crippen LogP contribution in [0.5, 0.6) is 0 Å². The minimum Gasteiger partial charge on any atom is -0.368 e. The van der Waals surface area contributed by atoms with Gasteiger partial charge >= 0.3 is 0 Å². The Balaban J connectivity index is 2.96. The van der Waals surface area contributed by atoms with Crippen molar-refractivity contribution in [2.75, 3.05) is 5.73 Å². The summed E-state index contributed by atoms with van der Waals surface area (Å²) in [6.07, 6.45) is 4.00. The van der Waals surface area contributed by atoms with Crippen LogP contribution in [0.4, 0.5) is 5.95 Å². The van der Waals surface area contributed by atoms with Gasteiger partial charge in [-0.05, 0) is 6.08 Å². The molecule has 0 aliphatic carbocycles. The number of anilines is 1. The lowest BCUT2D eigenvalue weighted by Crippen LogP contribution is -2.05. The number of nitrogen functional groups attached to an aromatic ring is 1. The molecule has 5 nitrogen and oxygen atoms in total. The molecule has 0 aliphatic heterocycles. The Labute approximate surface area is 79.4 Å². The van der Waals surface area contributed by atoms with E-state index in [0.29, 0.717) is 5.56 Å². The highest BCUT2D eigenvalue weighted by atomic mass is 35.5. The van der Waals surface area contributed by atoms with Crippen molar-refractivity contribution in [1.82, 2.24) is 9.97 Å². The molecule has 1 aromatic rings. The third kappa shape index (κ3) is 2.72. The van der Waals surface area contributed by atoms with E-state index in [1.807, 2.05) is 0 Å². The van der Waals surface area contributed by atoms with Crippen LogP contribution in [-0.2, 0) is 4.79 Å². The molecule has 0 unspecified atom stereocenters. The number of primary amides is 1. The van der Waals surface area contributed by atoms with Gasteiger partial charge in [-0.25, -0.2) is 9.97 Å². The molecule has 1 rings (SSSR count). The number of hydrogen-bond donors (Lipinski definition) is 2. The number of halogens is 1. The van der Waals surface area contributed by atoms with E-state index in [1.165, 1.54) is 18.3 Å². The summed E-state index contributed by atoms with van der Waals surface area (Å²) in [7, 11) is 0. The maximum absolute atomic E-state index is 10.4. The number of nitrogens with zero attached hydrogens (tertiary/aromatic N) is 2. The summed E-state index contributed by atoms with van der Waals surface area (Å²) in [5, 5.41) is 0.185. The average Bonchev–Trinajstić information content (AvgIpc) is 2.02. The minimum atomic E-state index is -0.562. The molecular formula is C7H7ClN4O. The molecule has 0 spiro atoms. The summed E-state index contributed by atoms with van der Waals surface area (Å²) in [4.78, 5) is 17.8. The molecule has 0 radical (unpaired) electrons. The molecule has 0 saturated carbocycles. The van der Waals surface area contributed by atoms with Crippen LogP contribution in [0.3, 0.4) is 0 Å². The van der Waals surface area contributed by atoms with Gasteiger partial charge in [0.15, 0.2) is 0 Å². The Morgan fingerprint density at radius 2 is 2.31 bits per heavy atom. The second-order valence-corrected chi connectivity index (χ2v) is 2.57. The predicted molar refractivity (Wildman–Crippen MR) is 49.7 cm³/mol. The third-order valence-electron chi connectivity index (χ3n) is 1.21. The Morgan fingerprint density at radius 3 is 2.85 bits per heavy atom. The van der Waals surface area contributed by atoms with E-state index >= 15 is 0 Å². The summed E-state index contributed by atoms with van der Waals surface area (Å²) in [5.74, 6) is -0.478. The molecular weight excluding hydrogens is 192 g/mol. The molecule has 0 saturated heterocycles. The van der Waals surface area contributed by atoms with Gasteiger partial charge in [0.25, 0.3) is 0 Å². The SMILES string of the molecule is NC(=O)C=Cc1cnc(N)nc1Cl. The fourth-order valence-electron chi connectivity index (χ4n) is 0.667. The van der Waals surface area contributed by atoms with Crippen molar-refractivity contribution in [3.8, 4) is 0 Å². The Hall–Kier alpha value is -1.62. The number of aromatic nitrogens is 2. The van der Waals surface area contributed by atoms with Gasteiger partial charge in [0, 0.05) is 17.8 Å². The second kappa shape index (κ2) is 3.86. The standard InChI is InChI=1S/C7H7ClN4O/c8-6-4(1-2-5(9)13)3-11-7(10)12-6/h1-3H,(H2,9,13)(H2,10,11,12). The van der Waals surface area contributed by atoms with Gasteiger partial charge in [0.1, 0.15) is 5.15 Å². The van der Waals surface area contributed by atoms with Crippen LogP contribution in [0.15, 0.2) is 12.3 Å². The van der Waals surface area contributed by atoms with Gasteiger partial charge < -0.3 is 11.5 Å². The highest BCUT2D eigenvalue weighted by molar-refractivity contribution is 6.31. The quantitative estimate of drug-likeness (QED) is 0.525. The van der Waals surface area contributed by atoms with Crippen molar-refractivity contribution >= 4 is 29.5 Å². The van der Waals surface area contributed by atoms with Crippen LogP contribution in [-0.4, -0.2) is 15.9 Å². The van der Waals surface area contributed by atoms with Crippen LogP contribution < -0.4 is 11.5 Å². The van der Waals surface area contributed by atoms with Crippen molar-refractivity contribution in [3.63, 3.8) is 0 Å². The number of carbonyl (C=O) groups is 1. The van der Waals surface area contributed by atoms with E-state index in [1.54, 1.807) is 0 Å². The number of hydrogen-bond acceptors (Lipinski definition) is 4. The zero-order valence-electron chi connectivity index (χ0n) is 6.57. The molecule has 0 aliphatic rings. The third-order valence-corrected chi connectivity index (χ3v) is 1.52. The van der Waals surface area contributed by atoms with Gasteiger partial charge in [-0.15, -0.1) is 0 Å². The summed E-state index contributed by atoms with van der Waals surface area (Å²) in [6.45, 7) is 0. The first-order valence-electron chi connectivity index (χ1n) is 3.35. The molecule has 1 heterocycles. The molecule has 0 aromatic carbocycles. The largest absolute Gasteiger partial charge is 0.368 e. The van der Waals surface area contributed by atoms with Crippen LogP contribution in [0.25, 0.3) is 6.08 Å². The van der Waals surface area contributed by atoms with E-state index < -0.39 is 5.91 Å². The molecule has 1 amide bonds. The zero-order valence-corrected chi connectivity index (χ0v) is 7.32. The summed E-state index contributed by atoms with van der Waals surface area (Å²) in [6, 6.07) is 0. The fourth-order valence-corrected chi connectivity index (χ4v) is 0.865. The van der Waals surface area contributed by atoms with Gasteiger partial charge in [-0.3, -0.25) is 4.79 Å². The van der Waals surface area contributed by atoms with Crippen molar-refractivity contribution in [1.29, 1.82) is 0 Å². The highest BCUT2D eigenvalue weighted by Crippen LogP contribution is 2.13. The van der Waals surface area contributed by atoms with E-state index in [9.17, 15) is 4.79 Å². The van der Waals surface area contributed by atoms with Crippen molar-refractivity contribution < 1.29 is 4.79 Å². The molecule has 0 atom stereocenters. The predicted octanol–water partition coefficient (Wildman–Crippen LogP) is 0.211. The lowest BCUT2D eigenvalue weighted by Gasteiger charge is -1.96. The van der Waals surface area contributed by atoms with Gasteiger partial charge in [0.2, 0.25) is 11.9 Å². The smallest absolute Gasteiger partial charge is 0.241 e. The monoisotopic (exact) mass is 198 g/mol. The van der Waals surface area contributed by atoms with Crippen molar-refractivity contribution in [3.05, 3.63) is 23.0 Å². The van der Waals surface area contributed by atoms with Crippen LogP contribution in [0, 0.1) is 0 Å². The Kier molecular flexibility index (Phi) is 2.81. The summed E-state index contributed by atoms with van der Waals surface area (Å²) >= 11 is 5.68. The second-order valence-electron chi connectivity index (χ2n) is 2.21. The Morgan fingerprint density at radius 1 is 1.62 bits per heavy atom.